The number of carbonyl (C=O) groups is 3. The van der Waals surface area contributed by atoms with E-state index in [4.69, 9.17) is 10.5 Å². The Hall–Kier alpha value is -3.91. The Bertz CT molecular complexity index is 1080. The summed E-state index contributed by atoms with van der Waals surface area (Å²) in [6.07, 6.45) is -0.702. The first-order valence-electron chi connectivity index (χ1n) is 10.1. The van der Waals surface area contributed by atoms with E-state index in [-0.39, 0.29) is 13.0 Å². The second kappa shape index (κ2) is 10.9. The van der Waals surface area contributed by atoms with E-state index in [1.165, 1.54) is 0 Å². The van der Waals surface area contributed by atoms with Crippen LogP contribution in [0.1, 0.15) is 11.1 Å². The highest BCUT2D eigenvalue weighted by Crippen LogP contribution is 2.19. The van der Waals surface area contributed by atoms with Crippen molar-refractivity contribution in [3.63, 3.8) is 0 Å². The highest BCUT2D eigenvalue weighted by Gasteiger charge is 2.26. The van der Waals surface area contributed by atoms with Crippen LogP contribution in [0.5, 0.6) is 0 Å². The van der Waals surface area contributed by atoms with Crippen LogP contribution in [0, 0.1) is 0 Å². The third-order valence-corrected chi connectivity index (χ3v) is 4.97. The number of rotatable bonds is 9. The van der Waals surface area contributed by atoms with Gasteiger partial charge in [0.2, 0.25) is 11.8 Å². The first-order chi connectivity index (χ1) is 15.5. The zero-order valence-electron chi connectivity index (χ0n) is 17.4. The summed E-state index contributed by atoms with van der Waals surface area (Å²) in [6, 6.07) is 20.0. The number of ether oxygens (including phenoxy) is 1. The molecule has 3 aromatic carbocycles. The summed E-state index contributed by atoms with van der Waals surface area (Å²) in [5, 5.41) is 16.3. The SMILES string of the molecule is NC(=O)[C@@H](Cc1cccc2ccccc12)NC(=O)[C@H](CO)NC(=O)OCc1ccccc1. The molecule has 0 aliphatic carbocycles. The molecule has 8 nitrogen and oxygen atoms in total. The van der Waals surface area contributed by atoms with Crippen LogP contribution in [-0.2, 0) is 27.4 Å². The van der Waals surface area contributed by atoms with E-state index in [0.717, 1.165) is 21.9 Å². The molecule has 0 aliphatic heterocycles. The van der Waals surface area contributed by atoms with Crippen LogP contribution in [-0.4, -0.2) is 41.7 Å². The molecular weight excluding hydrogens is 410 g/mol. The molecule has 0 fully saturated rings. The van der Waals surface area contributed by atoms with Crippen molar-refractivity contribution in [1.82, 2.24) is 10.6 Å². The van der Waals surface area contributed by atoms with Crippen molar-refractivity contribution in [2.75, 3.05) is 6.61 Å². The van der Waals surface area contributed by atoms with Gasteiger partial charge in [0.25, 0.3) is 0 Å². The lowest BCUT2D eigenvalue weighted by Crippen LogP contribution is -2.54. The zero-order chi connectivity index (χ0) is 22.9. The summed E-state index contributed by atoms with van der Waals surface area (Å²) in [7, 11) is 0. The van der Waals surface area contributed by atoms with Gasteiger partial charge in [0.05, 0.1) is 6.61 Å². The summed E-state index contributed by atoms with van der Waals surface area (Å²) >= 11 is 0. The number of amides is 3. The molecule has 166 valence electrons. The van der Waals surface area contributed by atoms with Crippen LogP contribution in [0.25, 0.3) is 10.8 Å². The van der Waals surface area contributed by atoms with E-state index in [1.54, 1.807) is 24.3 Å². The van der Waals surface area contributed by atoms with Gasteiger partial charge >= 0.3 is 6.09 Å². The van der Waals surface area contributed by atoms with Gasteiger partial charge in [0.15, 0.2) is 0 Å². The topological polar surface area (TPSA) is 131 Å². The van der Waals surface area contributed by atoms with Crippen LogP contribution in [0.2, 0.25) is 0 Å². The molecule has 0 aliphatic rings. The number of fused-ring (bicyclic) bond motifs is 1. The number of carbonyl (C=O) groups excluding carboxylic acids is 3. The lowest BCUT2D eigenvalue weighted by atomic mass is 9.98. The summed E-state index contributed by atoms with van der Waals surface area (Å²) in [4.78, 5) is 36.6. The van der Waals surface area contributed by atoms with E-state index in [0.29, 0.717) is 0 Å². The normalized spacial score (nSPS) is 12.5. The van der Waals surface area contributed by atoms with Crippen LogP contribution >= 0.6 is 0 Å². The number of hydrogen-bond donors (Lipinski definition) is 4. The molecule has 3 amide bonds. The van der Waals surface area contributed by atoms with Crippen molar-refractivity contribution in [3.8, 4) is 0 Å². The molecule has 0 saturated heterocycles. The molecule has 0 aromatic heterocycles. The maximum Gasteiger partial charge on any atom is 0.408 e. The average Bonchev–Trinajstić information content (AvgIpc) is 2.81. The molecule has 0 unspecified atom stereocenters. The van der Waals surface area contributed by atoms with Crippen LogP contribution in [0.3, 0.4) is 0 Å². The third-order valence-electron chi connectivity index (χ3n) is 4.97. The van der Waals surface area contributed by atoms with Gasteiger partial charge in [-0.05, 0) is 21.9 Å². The molecular formula is C24H25N3O5. The molecule has 3 aromatic rings. The number of primary amides is 1. The van der Waals surface area contributed by atoms with E-state index in [2.05, 4.69) is 10.6 Å². The van der Waals surface area contributed by atoms with Crippen molar-refractivity contribution < 1.29 is 24.2 Å². The quantitative estimate of drug-likeness (QED) is 0.406. The van der Waals surface area contributed by atoms with Gasteiger partial charge in [0, 0.05) is 6.42 Å². The Balaban J connectivity index is 1.62. The Kier molecular flexibility index (Phi) is 7.77. The van der Waals surface area contributed by atoms with Gasteiger partial charge in [-0.15, -0.1) is 0 Å². The number of nitrogens with one attached hydrogen (secondary N) is 2. The molecule has 0 heterocycles. The predicted octanol–water partition coefficient (Wildman–Crippen LogP) is 1.64. The monoisotopic (exact) mass is 435 g/mol. The maximum atomic E-state index is 12.6. The van der Waals surface area contributed by atoms with Crippen molar-refractivity contribution in [3.05, 3.63) is 83.9 Å². The number of nitrogens with two attached hydrogens (primary N) is 1. The molecule has 0 spiro atoms. The fourth-order valence-electron chi connectivity index (χ4n) is 3.29. The van der Waals surface area contributed by atoms with Crippen LogP contribution in [0.4, 0.5) is 4.79 Å². The van der Waals surface area contributed by atoms with Crippen molar-refractivity contribution in [2.24, 2.45) is 5.73 Å². The minimum Gasteiger partial charge on any atom is -0.445 e. The molecule has 5 N–H and O–H groups in total. The first-order valence-corrected chi connectivity index (χ1v) is 10.1. The number of alkyl carbamates (subject to hydrolysis) is 1. The average molecular weight is 435 g/mol. The van der Waals surface area contributed by atoms with Gasteiger partial charge in [0.1, 0.15) is 18.7 Å². The Labute approximate surface area is 185 Å². The van der Waals surface area contributed by atoms with E-state index >= 15 is 0 Å². The van der Waals surface area contributed by atoms with Gasteiger partial charge in [-0.2, -0.15) is 0 Å². The highest BCUT2D eigenvalue weighted by atomic mass is 16.5. The fraction of sp³-hybridized carbons (Fsp3) is 0.208. The largest absolute Gasteiger partial charge is 0.445 e. The van der Waals surface area contributed by atoms with Gasteiger partial charge in [-0.3, -0.25) is 9.59 Å². The van der Waals surface area contributed by atoms with E-state index < -0.39 is 36.6 Å². The number of benzene rings is 3. The van der Waals surface area contributed by atoms with Crippen molar-refractivity contribution in [1.29, 1.82) is 0 Å². The van der Waals surface area contributed by atoms with Gasteiger partial charge < -0.3 is 26.2 Å². The van der Waals surface area contributed by atoms with E-state index in [1.807, 2.05) is 48.5 Å². The minimum atomic E-state index is -1.30. The summed E-state index contributed by atoms with van der Waals surface area (Å²) in [5.41, 5.74) is 7.11. The summed E-state index contributed by atoms with van der Waals surface area (Å²) < 4.78 is 5.07. The molecule has 3 rings (SSSR count). The maximum absolute atomic E-state index is 12.6. The predicted molar refractivity (Wildman–Crippen MR) is 119 cm³/mol. The highest BCUT2D eigenvalue weighted by molar-refractivity contribution is 5.92. The Morgan fingerprint density at radius 3 is 2.28 bits per heavy atom. The van der Waals surface area contributed by atoms with Gasteiger partial charge in [-0.25, -0.2) is 4.79 Å². The van der Waals surface area contributed by atoms with Gasteiger partial charge in [-0.1, -0.05) is 72.8 Å². The number of hydrogen-bond acceptors (Lipinski definition) is 5. The van der Waals surface area contributed by atoms with Crippen molar-refractivity contribution >= 4 is 28.7 Å². The first kappa shape index (κ1) is 22.8. The Morgan fingerprint density at radius 1 is 0.875 bits per heavy atom. The summed E-state index contributed by atoms with van der Waals surface area (Å²) in [5.74, 6) is -1.47. The molecule has 0 saturated carbocycles. The van der Waals surface area contributed by atoms with Crippen molar-refractivity contribution in [2.45, 2.75) is 25.1 Å². The lowest BCUT2D eigenvalue weighted by molar-refractivity contribution is -0.129. The number of aliphatic hydroxyl groups excluding tert-OH is 1. The lowest BCUT2D eigenvalue weighted by Gasteiger charge is -2.21. The van der Waals surface area contributed by atoms with Crippen LogP contribution < -0.4 is 16.4 Å². The smallest absolute Gasteiger partial charge is 0.408 e. The molecule has 0 radical (unpaired) electrons. The van der Waals surface area contributed by atoms with Crippen LogP contribution in [0.15, 0.2) is 72.8 Å². The Morgan fingerprint density at radius 2 is 1.56 bits per heavy atom. The molecule has 2 atom stereocenters. The second-order valence-electron chi connectivity index (χ2n) is 7.25. The number of aliphatic hydroxyl groups is 1. The second-order valence-corrected chi connectivity index (χ2v) is 7.25. The molecule has 32 heavy (non-hydrogen) atoms. The summed E-state index contributed by atoms with van der Waals surface area (Å²) in [6.45, 7) is -0.663. The fourth-order valence-corrected chi connectivity index (χ4v) is 3.29. The minimum absolute atomic E-state index is 0.0113. The molecule has 0 bridgehead atoms. The standard InChI is InChI=1S/C24H25N3O5/c25-22(29)20(13-18-11-6-10-17-9-4-5-12-19(17)18)26-23(30)21(14-28)27-24(31)32-15-16-7-2-1-3-8-16/h1-12,20-21,28H,13-15H2,(H2,25,29)(H,26,30)(H,27,31)/t20-,21+/m1/s1. The molecule has 8 heteroatoms. The van der Waals surface area contributed by atoms with E-state index in [9.17, 15) is 19.5 Å². The zero-order valence-corrected chi connectivity index (χ0v) is 17.4. The third kappa shape index (κ3) is 6.05.